The highest BCUT2D eigenvalue weighted by molar-refractivity contribution is 6.30. The highest BCUT2D eigenvalue weighted by atomic mass is 35.5. The summed E-state index contributed by atoms with van der Waals surface area (Å²) in [5.74, 6) is -2.91. The highest BCUT2D eigenvalue weighted by Crippen LogP contribution is 2.36. The number of carbonyl (C=O) groups is 3. The smallest absolute Gasteiger partial charge is 0.331 e. The number of rotatable bonds is 6. The zero-order valence-corrected chi connectivity index (χ0v) is 18.2. The molecule has 0 saturated carbocycles. The van der Waals surface area contributed by atoms with Crippen LogP contribution in [0.3, 0.4) is 0 Å². The fourth-order valence-corrected chi connectivity index (χ4v) is 3.46. The van der Waals surface area contributed by atoms with Gasteiger partial charge in [0, 0.05) is 23.1 Å². The summed E-state index contributed by atoms with van der Waals surface area (Å²) in [5, 5.41) is 20.6. The van der Waals surface area contributed by atoms with Gasteiger partial charge in [-0.05, 0) is 55.8 Å². The monoisotopic (exact) mass is 452 g/mol. The van der Waals surface area contributed by atoms with Crippen molar-refractivity contribution in [3.8, 4) is 11.5 Å². The summed E-state index contributed by atoms with van der Waals surface area (Å²) in [4.78, 5) is 38.2. The van der Waals surface area contributed by atoms with Crippen LogP contribution in [0.25, 0.3) is 6.08 Å². The van der Waals surface area contributed by atoms with E-state index in [1.54, 1.807) is 30.3 Å². The normalized spacial score (nSPS) is 14.0. The molecule has 1 aliphatic rings. The molecule has 0 saturated heterocycles. The molecule has 1 atom stereocenters. The average Bonchev–Trinajstić information content (AvgIpc) is 2.74. The van der Waals surface area contributed by atoms with Crippen molar-refractivity contribution in [2.75, 3.05) is 0 Å². The molecule has 2 aromatic rings. The number of benzene rings is 2. The van der Waals surface area contributed by atoms with Gasteiger partial charge in [0.15, 0.2) is 11.6 Å². The van der Waals surface area contributed by atoms with E-state index >= 15 is 0 Å². The van der Waals surface area contributed by atoms with E-state index in [4.69, 9.17) is 16.3 Å². The summed E-state index contributed by atoms with van der Waals surface area (Å²) in [5.41, 5.74) is 0.960. The van der Waals surface area contributed by atoms with Crippen molar-refractivity contribution < 1.29 is 29.3 Å². The van der Waals surface area contributed by atoms with E-state index in [1.807, 2.05) is 13.8 Å². The maximum absolute atomic E-state index is 13.1. The van der Waals surface area contributed by atoms with Gasteiger partial charge >= 0.3 is 5.97 Å². The molecule has 0 fully saturated rings. The molecule has 3 rings (SSSR count). The number of carbonyl (C=O) groups excluding carboxylic acids is 3. The number of hydrogen-bond donors (Lipinski definition) is 2. The molecule has 2 aromatic carbocycles. The molecule has 2 N–H and O–H groups in total. The standard InChI is InChI=1S/C25H21ClO6/c1-14(2)6-10-21(32-22(30)11-7-15-4-3-5-16(26)12-15)17-13-20(29)23-18(27)8-9-19(28)24(23)25(17)31/h3-9,11-13,21,27-28H,10H2,1-2H3/b11-7+. The van der Waals surface area contributed by atoms with Crippen LogP contribution in [0, 0.1) is 0 Å². The van der Waals surface area contributed by atoms with E-state index in [9.17, 15) is 24.6 Å². The molecule has 6 nitrogen and oxygen atoms in total. The number of ether oxygens (including phenoxy) is 1. The topological polar surface area (TPSA) is 101 Å². The summed E-state index contributed by atoms with van der Waals surface area (Å²) in [6.45, 7) is 3.69. The quantitative estimate of drug-likeness (QED) is 0.275. The van der Waals surface area contributed by atoms with Gasteiger partial charge in [-0.25, -0.2) is 4.79 Å². The molecule has 0 aliphatic heterocycles. The lowest BCUT2D eigenvalue weighted by Gasteiger charge is -2.23. The van der Waals surface area contributed by atoms with Gasteiger partial charge in [0.2, 0.25) is 0 Å². The Bertz CT molecular complexity index is 1180. The number of allylic oxidation sites excluding steroid dienone is 2. The lowest BCUT2D eigenvalue weighted by Crippen LogP contribution is -2.28. The molecule has 7 heteroatoms. The van der Waals surface area contributed by atoms with Gasteiger partial charge < -0.3 is 14.9 Å². The van der Waals surface area contributed by atoms with Crippen LogP contribution < -0.4 is 0 Å². The van der Waals surface area contributed by atoms with Crippen LogP contribution in [0.2, 0.25) is 5.02 Å². The van der Waals surface area contributed by atoms with Crippen molar-refractivity contribution in [3.05, 3.63) is 87.5 Å². The van der Waals surface area contributed by atoms with Crippen LogP contribution in [-0.4, -0.2) is 33.9 Å². The molecule has 0 radical (unpaired) electrons. The number of halogens is 1. The summed E-state index contributed by atoms with van der Waals surface area (Å²) >= 11 is 5.94. The van der Waals surface area contributed by atoms with Crippen molar-refractivity contribution in [2.24, 2.45) is 0 Å². The van der Waals surface area contributed by atoms with Gasteiger partial charge in [0.1, 0.15) is 17.6 Å². The molecular weight excluding hydrogens is 432 g/mol. The largest absolute Gasteiger partial charge is 0.507 e. The third-order valence-electron chi connectivity index (χ3n) is 4.79. The Kier molecular flexibility index (Phi) is 6.95. The van der Waals surface area contributed by atoms with Crippen LogP contribution in [0.5, 0.6) is 11.5 Å². The van der Waals surface area contributed by atoms with Crippen LogP contribution in [0.1, 0.15) is 46.5 Å². The van der Waals surface area contributed by atoms with Crippen LogP contribution in [0.4, 0.5) is 0 Å². The van der Waals surface area contributed by atoms with Crippen molar-refractivity contribution in [3.63, 3.8) is 0 Å². The summed E-state index contributed by atoms with van der Waals surface area (Å²) in [6, 6.07) is 9.14. The number of ketones is 2. The fraction of sp³-hybridized carbons (Fsp3) is 0.160. The van der Waals surface area contributed by atoms with Crippen molar-refractivity contribution in [2.45, 2.75) is 26.4 Å². The zero-order valence-electron chi connectivity index (χ0n) is 17.5. The van der Waals surface area contributed by atoms with E-state index < -0.39 is 35.1 Å². The number of fused-ring (bicyclic) bond motifs is 1. The average molecular weight is 453 g/mol. The van der Waals surface area contributed by atoms with Crippen molar-refractivity contribution in [1.82, 2.24) is 0 Å². The van der Waals surface area contributed by atoms with Crippen LogP contribution in [-0.2, 0) is 9.53 Å². The predicted octanol–water partition coefficient (Wildman–Crippen LogP) is 5.04. The van der Waals surface area contributed by atoms with E-state index in [1.165, 1.54) is 12.2 Å². The predicted molar refractivity (Wildman–Crippen MR) is 121 cm³/mol. The first-order chi connectivity index (χ1) is 15.2. The lowest BCUT2D eigenvalue weighted by atomic mass is 9.85. The zero-order chi connectivity index (χ0) is 23.4. The molecular formula is C25H21ClO6. The fourth-order valence-electron chi connectivity index (χ4n) is 3.26. The van der Waals surface area contributed by atoms with E-state index in [-0.39, 0.29) is 23.1 Å². The molecule has 0 aromatic heterocycles. The van der Waals surface area contributed by atoms with Crippen molar-refractivity contribution in [1.29, 1.82) is 0 Å². The minimum Gasteiger partial charge on any atom is -0.507 e. The molecule has 0 spiro atoms. The third-order valence-corrected chi connectivity index (χ3v) is 5.02. The second kappa shape index (κ2) is 9.66. The van der Waals surface area contributed by atoms with E-state index in [0.29, 0.717) is 10.6 Å². The Morgan fingerprint density at radius 2 is 1.78 bits per heavy atom. The third kappa shape index (κ3) is 5.15. The molecule has 164 valence electrons. The highest BCUT2D eigenvalue weighted by Gasteiger charge is 2.35. The van der Waals surface area contributed by atoms with Gasteiger partial charge in [-0.2, -0.15) is 0 Å². The number of phenols is 2. The second-order valence-corrected chi connectivity index (χ2v) is 7.91. The number of esters is 1. The Labute approximate surface area is 190 Å². The van der Waals surface area contributed by atoms with Crippen LogP contribution in [0.15, 0.2) is 65.8 Å². The number of phenolic OH excluding ortho intramolecular Hbond substituents is 2. The first-order valence-corrected chi connectivity index (χ1v) is 10.2. The molecule has 1 unspecified atom stereocenters. The lowest BCUT2D eigenvalue weighted by molar-refractivity contribution is -0.140. The molecule has 32 heavy (non-hydrogen) atoms. The molecule has 0 bridgehead atoms. The van der Waals surface area contributed by atoms with Gasteiger partial charge in [0.05, 0.1) is 11.1 Å². The van der Waals surface area contributed by atoms with Crippen molar-refractivity contribution >= 4 is 35.2 Å². The molecule has 0 amide bonds. The van der Waals surface area contributed by atoms with Crippen LogP contribution >= 0.6 is 11.6 Å². The van der Waals surface area contributed by atoms with E-state index in [0.717, 1.165) is 23.8 Å². The Balaban J connectivity index is 1.91. The SMILES string of the molecule is CC(C)=CCC(OC(=O)/C=C/c1cccc(Cl)c1)C1=CC(=O)c2c(O)ccc(O)c2C1=O. The summed E-state index contributed by atoms with van der Waals surface area (Å²) in [7, 11) is 0. The van der Waals surface area contributed by atoms with Gasteiger partial charge in [-0.3, -0.25) is 9.59 Å². The molecule has 1 aliphatic carbocycles. The first kappa shape index (κ1) is 23.0. The number of aromatic hydroxyl groups is 2. The molecule has 0 heterocycles. The Morgan fingerprint density at radius 3 is 2.44 bits per heavy atom. The Hall–Kier alpha value is -3.64. The minimum absolute atomic E-state index is 0.0783. The van der Waals surface area contributed by atoms with Gasteiger partial charge in [0.25, 0.3) is 0 Å². The minimum atomic E-state index is -1.06. The summed E-state index contributed by atoms with van der Waals surface area (Å²) < 4.78 is 5.51. The van der Waals surface area contributed by atoms with Gasteiger partial charge in [-0.1, -0.05) is 35.4 Å². The number of Topliss-reactive ketones (excluding diaryl/α,β-unsaturated/α-hetero) is 1. The maximum Gasteiger partial charge on any atom is 0.331 e. The Morgan fingerprint density at radius 1 is 1.09 bits per heavy atom. The summed E-state index contributed by atoms with van der Waals surface area (Å²) in [6.07, 6.45) is 4.63. The van der Waals surface area contributed by atoms with Gasteiger partial charge in [-0.15, -0.1) is 0 Å². The first-order valence-electron chi connectivity index (χ1n) is 9.80. The number of hydrogen-bond acceptors (Lipinski definition) is 6. The van der Waals surface area contributed by atoms with E-state index in [2.05, 4.69) is 0 Å². The second-order valence-electron chi connectivity index (χ2n) is 7.48. The maximum atomic E-state index is 13.1.